The maximum Gasteiger partial charge on any atom is 0.222 e. The van der Waals surface area contributed by atoms with E-state index in [0.29, 0.717) is 16.6 Å². The van der Waals surface area contributed by atoms with E-state index in [1.54, 1.807) is 0 Å². The fraction of sp³-hybridized carbons (Fsp3) is 0.667. The Balaban J connectivity index is 1.38. The van der Waals surface area contributed by atoms with Crippen molar-refractivity contribution in [2.45, 2.75) is 84.6 Å². The number of amidine groups is 1. The largest absolute Gasteiger partial charge is 0.363 e. The number of nitrogens with one attached hydrogen (secondary N) is 1. The van der Waals surface area contributed by atoms with Crippen LogP contribution in [0.1, 0.15) is 76.1 Å². The molecule has 3 aliphatic rings. The third-order valence-electron chi connectivity index (χ3n) is 9.06. The molecule has 1 saturated carbocycles. The van der Waals surface area contributed by atoms with Crippen LogP contribution in [0.15, 0.2) is 40.3 Å². The van der Waals surface area contributed by atoms with Gasteiger partial charge in [0.25, 0.3) is 0 Å². The van der Waals surface area contributed by atoms with Crippen molar-refractivity contribution in [1.82, 2.24) is 15.1 Å². The van der Waals surface area contributed by atoms with E-state index in [2.05, 4.69) is 87.4 Å². The Morgan fingerprint density at radius 2 is 1.92 bits per heavy atom. The average Bonchev–Trinajstić information content (AvgIpc) is 2.74. The van der Waals surface area contributed by atoms with Gasteiger partial charge in [-0.2, -0.15) is 4.99 Å². The Kier molecular flexibility index (Phi) is 7.76. The van der Waals surface area contributed by atoms with Crippen molar-refractivity contribution in [3.05, 3.63) is 47.0 Å². The van der Waals surface area contributed by atoms with E-state index in [1.165, 1.54) is 55.5 Å². The number of nitrogens with zero attached hydrogens (tertiary/aromatic N) is 4. The molecule has 1 N–H and O–H groups in total. The first kappa shape index (κ1) is 27.0. The number of guanidine groups is 1. The SMILES string of the molecule is B[C@]1(C2CN(C(=N/C)/N=C(/N[C@H](C)c3ccc(C)cc3C)C(=C)C)C2)CCCN(C2CC(C)(C)C2)C1. The van der Waals surface area contributed by atoms with Crippen molar-refractivity contribution in [3.8, 4) is 0 Å². The number of hydrogen-bond acceptors (Lipinski definition) is 2. The average molecular weight is 490 g/mol. The lowest BCUT2D eigenvalue weighted by Gasteiger charge is -2.57. The normalized spacial score (nSPS) is 26.8. The van der Waals surface area contributed by atoms with E-state index in [4.69, 9.17) is 4.99 Å². The Hall–Kier alpha value is -2.08. The first-order valence-electron chi connectivity index (χ1n) is 13.9. The van der Waals surface area contributed by atoms with E-state index in [0.717, 1.165) is 36.5 Å². The topological polar surface area (TPSA) is 43.2 Å². The first-order valence-corrected chi connectivity index (χ1v) is 13.9. The van der Waals surface area contributed by atoms with Crippen LogP contribution in [-0.2, 0) is 0 Å². The summed E-state index contributed by atoms with van der Waals surface area (Å²) in [6.07, 6.45) is 5.39. The summed E-state index contributed by atoms with van der Waals surface area (Å²) in [5, 5.41) is 4.01. The molecule has 0 bridgehead atoms. The van der Waals surface area contributed by atoms with Gasteiger partial charge in [-0.25, -0.2) is 0 Å². The molecule has 0 unspecified atom stereocenters. The number of aryl methyl sites for hydroxylation is 2. The Morgan fingerprint density at radius 3 is 2.50 bits per heavy atom. The van der Waals surface area contributed by atoms with Crippen LogP contribution in [0.2, 0.25) is 5.31 Å². The van der Waals surface area contributed by atoms with E-state index < -0.39 is 0 Å². The second-order valence-corrected chi connectivity index (χ2v) is 13.0. The number of aliphatic imine (C=N–C) groups is 2. The molecule has 2 atom stereocenters. The van der Waals surface area contributed by atoms with Crippen LogP contribution in [0.25, 0.3) is 0 Å². The van der Waals surface area contributed by atoms with Gasteiger partial charge in [0.1, 0.15) is 13.7 Å². The van der Waals surface area contributed by atoms with Gasteiger partial charge in [-0.05, 0) is 93.4 Å². The van der Waals surface area contributed by atoms with Gasteiger partial charge in [-0.3, -0.25) is 4.99 Å². The smallest absolute Gasteiger partial charge is 0.222 e. The van der Waals surface area contributed by atoms with Crippen molar-refractivity contribution in [2.75, 3.05) is 33.2 Å². The minimum atomic E-state index is 0.145. The second-order valence-electron chi connectivity index (χ2n) is 13.0. The molecule has 5 nitrogen and oxygen atoms in total. The molecular weight excluding hydrogens is 441 g/mol. The van der Waals surface area contributed by atoms with Crippen LogP contribution < -0.4 is 5.32 Å². The lowest BCUT2D eigenvalue weighted by atomic mass is 9.54. The number of benzene rings is 1. The van der Waals surface area contributed by atoms with Gasteiger partial charge >= 0.3 is 0 Å². The summed E-state index contributed by atoms with van der Waals surface area (Å²) in [7, 11) is 4.39. The monoisotopic (exact) mass is 489 g/mol. The van der Waals surface area contributed by atoms with Crippen LogP contribution in [0.5, 0.6) is 0 Å². The predicted molar refractivity (Wildman–Crippen MR) is 157 cm³/mol. The predicted octanol–water partition coefficient (Wildman–Crippen LogP) is 4.92. The van der Waals surface area contributed by atoms with Crippen molar-refractivity contribution < 1.29 is 0 Å². The molecular formula is C30H48BN5. The Bertz CT molecular complexity index is 1030. The molecule has 36 heavy (non-hydrogen) atoms. The molecule has 4 rings (SSSR count). The minimum absolute atomic E-state index is 0.145. The molecule has 0 amide bonds. The van der Waals surface area contributed by atoms with Crippen molar-refractivity contribution in [3.63, 3.8) is 0 Å². The molecule has 0 spiro atoms. The number of hydrogen-bond donors (Lipinski definition) is 1. The van der Waals surface area contributed by atoms with E-state index in [1.807, 2.05) is 14.0 Å². The van der Waals surface area contributed by atoms with Gasteiger partial charge in [0, 0.05) is 26.2 Å². The highest BCUT2D eigenvalue weighted by Crippen LogP contribution is 2.50. The lowest BCUT2D eigenvalue weighted by molar-refractivity contribution is -0.0145. The molecule has 2 aliphatic heterocycles. The second kappa shape index (κ2) is 10.4. The van der Waals surface area contributed by atoms with Gasteiger partial charge in [-0.15, -0.1) is 0 Å². The molecule has 1 aromatic carbocycles. The molecule has 0 radical (unpaired) electrons. The zero-order chi connectivity index (χ0) is 26.3. The number of piperidine rings is 1. The summed E-state index contributed by atoms with van der Waals surface area (Å²) < 4.78 is 0. The van der Waals surface area contributed by atoms with Crippen LogP contribution in [-0.4, -0.2) is 68.7 Å². The molecule has 0 aromatic heterocycles. The lowest BCUT2D eigenvalue weighted by Crippen LogP contribution is -2.60. The molecule has 1 aliphatic carbocycles. The summed E-state index contributed by atoms with van der Waals surface area (Å²) >= 11 is 0. The van der Waals surface area contributed by atoms with Gasteiger partial charge in [0.2, 0.25) is 5.96 Å². The Labute approximate surface area is 220 Å². The van der Waals surface area contributed by atoms with E-state index in [-0.39, 0.29) is 6.04 Å². The summed E-state index contributed by atoms with van der Waals surface area (Å²) in [5.74, 6) is 2.35. The molecule has 2 heterocycles. The van der Waals surface area contributed by atoms with Crippen LogP contribution >= 0.6 is 0 Å². The van der Waals surface area contributed by atoms with Crippen LogP contribution in [0.3, 0.4) is 0 Å². The summed E-state index contributed by atoms with van der Waals surface area (Å²) in [4.78, 5) is 14.7. The van der Waals surface area contributed by atoms with Gasteiger partial charge in [-0.1, -0.05) is 50.6 Å². The summed E-state index contributed by atoms with van der Waals surface area (Å²) in [5.41, 5.74) is 5.35. The van der Waals surface area contributed by atoms with E-state index in [9.17, 15) is 0 Å². The van der Waals surface area contributed by atoms with Crippen molar-refractivity contribution >= 4 is 19.6 Å². The quantitative estimate of drug-likeness (QED) is 0.363. The number of likely N-dealkylation sites (tertiary alicyclic amines) is 2. The third kappa shape index (κ3) is 5.74. The summed E-state index contributed by atoms with van der Waals surface area (Å²) in [6, 6.07) is 7.58. The Morgan fingerprint density at radius 1 is 1.22 bits per heavy atom. The highest BCUT2D eigenvalue weighted by atomic mass is 15.3. The fourth-order valence-electron chi connectivity index (χ4n) is 6.72. The maximum absolute atomic E-state index is 4.98. The zero-order valence-corrected chi connectivity index (χ0v) is 24.1. The molecule has 2 saturated heterocycles. The van der Waals surface area contributed by atoms with Crippen molar-refractivity contribution in [1.29, 1.82) is 0 Å². The van der Waals surface area contributed by atoms with Gasteiger partial charge < -0.3 is 15.1 Å². The fourth-order valence-corrected chi connectivity index (χ4v) is 6.72. The third-order valence-corrected chi connectivity index (χ3v) is 9.06. The number of rotatable bonds is 5. The van der Waals surface area contributed by atoms with Gasteiger partial charge in [0.05, 0.1) is 6.04 Å². The molecule has 3 fully saturated rings. The highest BCUT2D eigenvalue weighted by Gasteiger charge is 2.48. The van der Waals surface area contributed by atoms with Crippen LogP contribution in [0, 0.1) is 25.2 Å². The van der Waals surface area contributed by atoms with Crippen LogP contribution in [0.4, 0.5) is 0 Å². The zero-order valence-electron chi connectivity index (χ0n) is 24.1. The summed E-state index contributed by atoms with van der Waals surface area (Å²) in [6.45, 7) is 22.2. The van der Waals surface area contributed by atoms with Gasteiger partial charge in [0.15, 0.2) is 0 Å². The first-order chi connectivity index (χ1) is 16.9. The maximum atomic E-state index is 4.98. The standard InChI is InChI=1S/C30H48BN5/c1-20(2)27(33-23(5)26-11-10-21(3)14-22(26)4)34-28(32-8)36-17-24(18-36)30(31)12-9-13-35(19-30)25-15-29(6,7)16-25/h10-11,14,23-25H,1,9,12-13,15-19,31H2,2-8H3,(H,32,33,34)/t23-,30-/m1/s1. The van der Waals surface area contributed by atoms with Crippen molar-refractivity contribution in [2.24, 2.45) is 21.3 Å². The minimum Gasteiger partial charge on any atom is -0.363 e. The van der Waals surface area contributed by atoms with E-state index >= 15 is 0 Å². The molecule has 6 heteroatoms. The highest BCUT2D eigenvalue weighted by molar-refractivity contribution is 6.16. The molecule has 1 aromatic rings. The molecule has 196 valence electrons.